The molecule has 1 aliphatic rings. The third kappa shape index (κ3) is 3.26. The fourth-order valence-corrected chi connectivity index (χ4v) is 3.28. The zero-order valence-corrected chi connectivity index (χ0v) is 13.7. The summed E-state index contributed by atoms with van der Waals surface area (Å²) < 4.78 is 9.93. The molecule has 1 saturated heterocycles. The Labute approximate surface area is 141 Å². The molecule has 0 N–H and O–H groups in total. The van der Waals surface area contributed by atoms with Gasteiger partial charge in [0.05, 0.1) is 11.8 Å². The van der Waals surface area contributed by atoms with Gasteiger partial charge in [0.2, 0.25) is 0 Å². The average Bonchev–Trinajstić information content (AvgIpc) is 3.33. The van der Waals surface area contributed by atoms with Crippen molar-refractivity contribution in [1.82, 2.24) is 19.3 Å². The van der Waals surface area contributed by atoms with Gasteiger partial charge >= 0.3 is 0 Å². The summed E-state index contributed by atoms with van der Waals surface area (Å²) in [6.07, 6.45) is 12.8. The van der Waals surface area contributed by atoms with Crippen LogP contribution < -0.4 is 0 Å². The maximum absolute atomic E-state index is 5.84. The zero-order chi connectivity index (χ0) is 16.2. The molecule has 0 spiro atoms. The van der Waals surface area contributed by atoms with Gasteiger partial charge in [-0.15, -0.1) is 0 Å². The van der Waals surface area contributed by atoms with Gasteiger partial charge < -0.3 is 9.30 Å². The molecule has 0 amide bonds. The van der Waals surface area contributed by atoms with Crippen LogP contribution in [0.2, 0.25) is 0 Å². The second-order valence-electron chi connectivity index (χ2n) is 6.22. The molecule has 0 saturated carbocycles. The van der Waals surface area contributed by atoms with Crippen LogP contribution in [0, 0.1) is 0 Å². The van der Waals surface area contributed by atoms with Gasteiger partial charge in [-0.3, -0.25) is 0 Å². The van der Waals surface area contributed by atoms with Crippen LogP contribution in [0.15, 0.2) is 55.1 Å². The Morgan fingerprint density at radius 1 is 1.12 bits per heavy atom. The Hall–Kier alpha value is -2.40. The topological polar surface area (TPSA) is 44.9 Å². The second-order valence-corrected chi connectivity index (χ2v) is 6.22. The van der Waals surface area contributed by atoms with Gasteiger partial charge in [-0.25, -0.2) is 9.67 Å². The van der Waals surface area contributed by atoms with Gasteiger partial charge in [0.1, 0.15) is 5.82 Å². The van der Waals surface area contributed by atoms with E-state index in [1.807, 2.05) is 23.1 Å². The number of aryl methyl sites for hydroxylation is 1. The molecule has 0 aliphatic carbocycles. The monoisotopic (exact) mass is 322 g/mol. The van der Waals surface area contributed by atoms with E-state index in [-0.39, 0.29) is 0 Å². The lowest BCUT2D eigenvalue weighted by atomic mass is 10.1. The van der Waals surface area contributed by atoms with Crippen molar-refractivity contribution in [1.29, 1.82) is 0 Å². The van der Waals surface area contributed by atoms with E-state index < -0.39 is 0 Å². The van der Waals surface area contributed by atoms with E-state index in [1.54, 1.807) is 6.20 Å². The van der Waals surface area contributed by atoms with Crippen LogP contribution in [0.4, 0.5) is 0 Å². The third-order valence-electron chi connectivity index (χ3n) is 4.55. The van der Waals surface area contributed by atoms with Crippen molar-refractivity contribution in [2.24, 2.45) is 0 Å². The van der Waals surface area contributed by atoms with Crippen molar-refractivity contribution in [3.63, 3.8) is 0 Å². The number of rotatable bonds is 5. The molecule has 124 valence electrons. The summed E-state index contributed by atoms with van der Waals surface area (Å²) in [6.45, 7) is 1.85. The summed E-state index contributed by atoms with van der Waals surface area (Å²) in [5.74, 6) is 1.000. The number of hydrogen-bond donors (Lipinski definition) is 0. The van der Waals surface area contributed by atoms with Crippen LogP contribution in [-0.2, 0) is 11.3 Å². The van der Waals surface area contributed by atoms with Gasteiger partial charge in [0, 0.05) is 43.5 Å². The molecule has 2 aromatic heterocycles. The summed E-state index contributed by atoms with van der Waals surface area (Å²) in [5.41, 5.74) is 2.15. The zero-order valence-electron chi connectivity index (χ0n) is 13.7. The van der Waals surface area contributed by atoms with E-state index in [2.05, 4.69) is 45.1 Å². The van der Waals surface area contributed by atoms with Gasteiger partial charge in [-0.2, -0.15) is 5.10 Å². The summed E-state index contributed by atoms with van der Waals surface area (Å²) in [7, 11) is 0. The highest BCUT2D eigenvalue weighted by Gasteiger charge is 2.15. The maximum atomic E-state index is 5.84. The third-order valence-corrected chi connectivity index (χ3v) is 4.55. The van der Waals surface area contributed by atoms with Crippen molar-refractivity contribution in [3.8, 4) is 17.1 Å². The van der Waals surface area contributed by atoms with Crippen LogP contribution in [0.1, 0.15) is 25.7 Å². The average molecular weight is 322 g/mol. The van der Waals surface area contributed by atoms with E-state index in [0.29, 0.717) is 6.10 Å². The van der Waals surface area contributed by atoms with E-state index in [0.717, 1.165) is 36.6 Å². The fourth-order valence-electron chi connectivity index (χ4n) is 3.28. The minimum absolute atomic E-state index is 0.393. The number of imidazole rings is 1. The van der Waals surface area contributed by atoms with Gasteiger partial charge in [0.15, 0.2) is 0 Å². The number of hydrogen-bond acceptors (Lipinski definition) is 3. The number of aromatic nitrogens is 4. The molecular weight excluding hydrogens is 300 g/mol. The lowest BCUT2D eigenvalue weighted by Crippen LogP contribution is -2.20. The number of benzene rings is 1. The fraction of sp³-hybridized carbons (Fsp3) is 0.368. The molecule has 0 radical (unpaired) electrons. The molecule has 1 aromatic carbocycles. The molecule has 24 heavy (non-hydrogen) atoms. The Kier molecular flexibility index (Phi) is 4.42. The highest BCUT2D eigenvalue weighted by atomic mass is 16.5. The lowest BCUT2D eigenvalue weighted by Gasteiger charge is -2.22. The molecule has 5 heteroatoms. The predicted octanol–water partition coefficient (Wildman–Crippen LogP) is 3.70. The minimum Gasteiger partial charge on any atom is -0.378 e. The largest absolute Gasteiger partial charge is 0.378 e. The summed E-state index contributed by atoms with van der Waals surface area (Å²) in [6, 6.07) is 10.3. The molecule has 0 bridgehead atoms. The van der Waals surface area contributed by atoms with Gasteiger partial charge in [-0.1, -0.05) is 12.1 Å². The van der Waals surface area contributed by atoms with Crippen molar-refractivity contribution >= 4 is 0 Å². The molecule has 1 aliphatic heterocycles. The Morgan fingerprint density at radius 2 is 2.12 bits per heavy atom. The Morgan fingerprint density at radius 3 is 2.96 bits per heavy atom. The Bertz CT molecular complexity index is 772. The van der Waals surface area contributed by atoms with E-state index in [1.165, 1.54) is 19.3 Å². The van der Waals surface area contributed by atoms with Crippen LogP contribution >= 0.6 is 0 Å². The first-order valence-electron chi connectivity index (χ1n) is 8.63. The molecule has 3 heterocycles. The van der Waals surface area contributed by atoms with Crippen molar-refractivity contribution in [2.45, 2.75) is 38.3 Å². The van der Waals surface area contributed by atoms with E-state index in [4.69, 9.17) is 4.74 Å². The van der Waals surface area contributed by atoms with Crippen LogP contribution in [0.3, 0.4) is 0 Å². The predicted molar refractivity (Wildman–Crippen MR) is 93.0 cm³/mol. The SMILES string of the molecule is c1cc(-c2nccn2CCC2CCCCO2)cc(-n2cccn2)c1. The molecule has 4 rings (SSSR count). The van der Waals surface area contributed by atoms with Crippen LogP contribution in [-0.4, -0.2) is 32.0 Å². The number of ether oxygens (including phenoxy) is 1. The standard InChI is InChI=1S/C19H22N4O/c1-2-14-24-18(7-1)8-12-22-13-10-20-19(22)16-5-3-6-17(15-16)23-11-4-9-21-23/h3-6,9-11,13,15,18H,1-2,7-8,12,14H2. The molecule has 5 nitrogen and oxygen atoms in total. The van der Waals surface area contributed by atoms with E-state index >= 15 is 0 Å². The van der Waals surface area contributed by atoms with E-state index in [9.17, 15) is 0 Å². The van der Waals surface area contributed by atoms with Crippen molar-refractivity contribution in [2.75, 3.05) is 6.61 Å². The summed E-state index contributed by atoms with van der Waals surface area (Å²) in [4.78, 5) is 4.57. The summed E-state index contributed by atoms with van der Waals surface area (Å²) in [5, 5.41) is 4.30. The molecular formula is C19H22N4O. The maximum Gasteiger partial charge on any atom is 0.139 e. The van der Waals surface area contributed by atoms with Crippen LogP contribution in [0.25, 0.3) is 17.1 Å². The first-order chi connectivity index (χ1) is 11.9. The van der Waals surface area contributed by atoms with Gasteiger partial charge in [0.25, 0.3) is 0 Å². The first kappa shape index (κ1) is 15.1. The Balaban J connectivity index is 1.52. The second kappa shape index (κ2) is 7.01. The highest BCUT2D eigenvalue weighted by molar-refractivity contribution is 5.59. The molecule has 1 fully saturated rings. The number of nitrogens with zero attached hydrogens (tertiary/aromatic N) is 4. The molecule has 1 atom stereocenters. The van der Waals surface area contributed by atoms with Gasteiger partial charge in [-0.05, 0) is 43.9 Å². The highest BCUT2D eigenvalue weighted by Crippen LogP contribution is 2.22. The molecule has 1 unspecified atom stereocenters. The first-order valence-corrected chi connectivity index (χ1v) is 8.63. The quantitative estimate of drug-likeness (QED) is 0.719. The smallest absolute Gasteiger partial charge is 0.139 e. The van der Waals surface area contributed by atoms with Crippen molar-refractivity contribution < 1.29 is 4.74 Å². The van der Waals surface area contributed by atoms with Crippen LogP contribution in [0.5, 0.6) is 0 Å². The van der Waals surface area contributed by atoms with Crippen molar-refractivity contribution in [3.05, 3.63) is 55.1 Å². The lowest BCUT2D eigenvalue weighted by molar-refractivity contribution is 0.00887. The molecule has 3 aromatic rings. The normalized spacial score (nSPS) is 17.9. The summed E-state index contributed by atoms with van der Waals surface area (Å²) >= 11 is 0. The minimum atomic E-state index is 0.393.